The van der Waals surface area contributed by atoms with E-state index in [9.17, 15) is 13.2 Å². The van der Waals surface area contributed by atoms with Crippen LogP contribution in [-0.2, 0) is 21.2 Å². The molecule has 6 nitrogen and oxygen atoms in total. The number of sulfonamides is 1. The van der Waals surface area contributed by atoms with Gasteiger partial charge in [-0.15, -0.1) is 0 Å². The van der Waals surface area contributed by atoms with E-state index in [0.29, 0.717) is 24.2 Å². The normalized spacial score (nSPS) is 15.6. The minimum atomic E-state index is -3.59. The van der Waals surface area contributed by atoms with E-state index in [1.54, 1.807) is 6.07 Å². The molecule has 1 aromatic carbocycles. The van der Waals surface area contributed by atoms with Gasteiger partial charge in [-0.1, -0.05) is 13.3 Å². The first-order valence-electron chi connectivity index (χ1n) is 6.99. The molecular formula is C14H20N2O4S. The number of anilines is 1. The van der Waals surface area contributed by atoms with Crippen LogP contribution in [0, 0.1) is 5.92 Å². The highest BCUT2D eigenvalue weighted by molar-refractivity contribution is 7.89. The SMILES string of the molecule is CCC(CCO)CNS(=O)(=O)c1ccc2c(c1)CC(=O)N2. The molecule has 2 rings (SSSR count). The highest BCUT2D eigenvalue weighted by Crippen LogP contribution is 2.25. The molecule has 116 valence electrons. The van der Waals surface area contributed by atoms with Crippen LogP contribution >= 0.6 is 0 Å². The molecule has 3 N–H and O–H groups in total. The van der Waals surface area contributed by atoms with E-state index in [4.69, 9.17) is 5.11 Å². The van der Waals surface area contributed by atoms with Gasteiger partial charge < -0.3 is 10.4 Å². The van der Waals surface area contributed by atoms with Crippen LogP contribution in [0.3, 0.4) is 0 Å². The number of benzene rings is 1. The summed E-state index contributed by atoms with van der Waals surface area (Å²) in [5.41, 5.74) is 1.37. The van der Waals surface area contributed by atoms with Gasteiger partial charge in [-0.2, -0.15) is 0 Å². The number of fused-ring (bicyclic) bond motifs is 1. The lowest BCUT2D eigenvalue weighted by Gasteiger charge is -2.15. The number of aliphatic hydroxyl groups is 1. The fourth-order valence-corrected chi connectivity index (χ4v) is 3.48. The Morgan fingerprint density at radius 1 is 1.43 bits per heavy atom. The molecule has 0 spiro atoms. The van der Waals surface area contributed by atoms with E-state index in [2.05, 4.69) is 10.0 Å². The Kier molecular flexibility index (Phi) is 4.97. The first kappa shape index (κ1) is 15.9. The van der Waals surface area contributed by atoms with Crippen molar-refractivity contribution in [1.29, 1.82) is 0 Å². The molecule has 1 amide bonds. The molecule has 0 fully saturated rings. The Balaban J connectivity index is 2.10. The van der Waals surface area contributed by atoms with E-state index in [1.807, 2.05) is 6.92 Å². The molecule has 0 bridgehead atoms. The van der Waals surface area contributed by atoms with E-state index in [0.717, 1.165) is 6.42 Å². The van der Waals surface area contributed by atoms with Crippen molar-refractivity contribution in [3.05, 3.63) is 23.8 Å². The van der Waals surface area contributed by atoms with Gasteiger partial charge >= 0.3 is 0 Å². The Bertz CT molecular complexity index is 628. The maximum Gasteiger partial charge on any atom is 0.240 e. The van der Waals surface area contributed by atoms with Crippen molar-refractivity contribution in [2.24, 2.45) is 5.92 Å². The molecule has 1 heterocycles. The third kappa shape index (κ3) is 3.81. The number of rotatable bonds is 7. The third-order valence-corrected chi connectivity index (χ3v) is 5.11. The average molecular weight is 312 g/mol. The summed E-state index contributed by atoms with van der Waals surface area (Å²) in [5.74, 6) is -0.0102. The summed E-state index contributed by atoms with van der Waals surface area (Å²) in [6.07, 6.45) is 1.58. The number of aliphatic hydroxyl groups excluding tert-OH is 1. The Morgan fingerprint density at radius 2 is 2.19 bits per heavy atom. The summed E-state index contributed by atoms with van der Waals surface area (Å²) in [6, 6.07) is 4.63. The molecule has 1 aliphatic heterocycles. The van der Waals surface area contributed by atoms with Gasteiger partial charge in [0.15, 0.2) is 0 Å². The highest BCUT2D eigenvalue weighted by Gasteiger charge is 2.22. The second kappa shape index (κ2) is 6.55. The summed E-state index contributed by atoms with van der Waals surface area (Å²) < 4.78 is 27.1. The van der Waals surface area contributed by atoms with Crippen LogP contribution in [0.1, 0.15) is 25.3 Å². The van der Waals surface area contributed by atoms with E-state index >= 15 is 0 Å². The number of hydrogen-bond donors (Lipinski definition) is 3. The number of hydrogen-bond acceptors (Lipinski definition) is 4. The number of carbonyl (C=O) groups excluding carboxylic acids is 1. The molecular weight excluding hydrogens is 292 g/mol. The van der Waals surface area contributed by atoms with Gasteiger partial charge in [-0.05, 0) is 36.1 Å². The summed E-state index contributed by atoms with van der Waals surface area (Å²) >= 11 is 0. The lowest BCUT2D eigenvalue weighted by Crippen LogP contribution is -2.29. The topological polar surface area (TPSA) is 95.5 Å². The molecule has 0 radical (unpaired) electrons. The van der Waals surface area contributed by atoms with Gasteiger partial charge in [-0.25, -0.2) is 13.1 Å². The molecule has 0 aromatic heterocycles. The van der Waals surface area contributed by atoms with Crippen LogP contribution in [0.2, 0.25) is 0 Å². The number of amides is 1. The van der Waals surface area contributed by atoms with Crippen molar-refractivity contribution in [2.75, 3.05) is 18.5 Å². The zero-order valence-electron chi connectivity index (χ0n) is 11.9. The van der Waals surface area contributed by atoms with Crippen LogP contribution in [-0.4, -0.2) is 32.6 Å². The van der Waals surface area contributed by atoms with Crippen molar-refractivity contribution in [2.45, 2.75) is 31.1 Å². The van der Waals surface area contributed by atoms with Crippen molar-refractivity contribution < 1.29 is 18.3 Å². The number of nitrogens with one attached hydrogen (secondary N) is 2. The first-order valence-corrected chi connectivity index (χ1v) is 8.48. The fourth-order valence-electron chi connectivity index (χ4n) is 2.32. The monoisotopic (exact) mass is 312 g/mol. The predicted molar refractivity (Wildman–Crippen MR) is 79.4 cm³/mol. The molecule has 1 unspecified atom stereocenters. The summed E-state index contributed by atoms with van der Waals surface area (Å²) in [4.78, 5) is 11.5. The average Bonchev–Trinajstić information content (AvgIpc) is 2.82. The van der Waals surface area contributed by atoms with Gasteiger partial charge in [0.2, 0.25) is 15.9 Å². The summed E-state index contributed by atoms with van der Waals surface area (Å²) in [7, 11) is -3.59. The first-order chi connectivity index (χ1) is 9.96. The molecule has 1 atom stereocenters. The van der Waals surface area contributed by atoms with Crippen LogP contribution in [0.15, 0.2) is 23.1 Å². The minimum absolute atomic E-state index is 0.0485. The Labute approximate surface area is 124 Å². The Morgan fingerprint density at radius 3 is 2.86 bits per heavy atom. The molecule has 21 heavy (non-hydrogen) atoms. The van der Waals surface area contributed by atoms with E-state index in [1.165, 1.54) is 12.1 Å². The van der Waals surface area contributed by atoms with Crippen LogP contribution in [0.25, 0.3) is 0 Å². The third-order valence-electron chi connectivity index (χ3n) is 3.69. The van der Waals surface area contributed by atoms with Crippen LogP contribution in [0.4, 0.5) is 5.69 Å². The maximum absolute atomic E-state index is 12.3. The van der Waals surface area contributed by atoms with Gasteiger partial charge in [0.05, 0.1) is 11.3 Å². The molecule has 1 aromatic rings. The minimum Gasteiger partial charge on any atom is -0.396 e. The number of carbonyl (C=O) groups is 1. The predicted octanol–water partition coefficient (Wildman–Crippen LogP) is 0.868. The molecule has 1 aliphatic rings. The Hall–Kier alpha value is -1.44. The maximum atomic E-state index is 12.3. The fraction of sp³-hybridized carbons (Fsp3) is 0.500. The molecule has 7 heteroatoms. The molecule has 0 saturated heterocycles. The molecule has 0 aliphatic carbocycles. The van der Waals surface area contributed by atoms with Gasteiger partial charge in [0.1, 0.15) is 0 Å². The van der Waals surface area contributed by atoms with Crippen molar-refractivity contribution >= 4 is 21.6 Å². The summed E-state index contributed by atoms with van der Waals surface area (Å²) in [5, 5.41) is 11.6. The van der Waals surface area contributed by atoms with Crippen molar-refractivity contribution in [3.8, 4) is 0 Å². The highest BCUT2D eigenvalue weighted by atomic mass is 32.2. The second-order valence-electron chi connectivity index (χ2n) is 5.18. The zero-order chi connectivity index (χ0) is 15.5. The van der Waals surface area contributed by atoms with Crippen LogP contribution in [0.5, 0.6) is 0 Å². The molecule has 0 saturated carbocycles. The smallest absolute Gasteiger partial charge is 0.240 e. The largest absolute Gasteiger partial charge is 0.396 e. The van der Waals surface area contributed by atoms with E-state index < -0.39 is 10.0 Å². The lowest BCUT2D eigenvalue weighted by molar-refractivity contribution is -0.115. The summed E-state index contributed by atoms with van der Waals surface area (Å²) in [6.45, 7) is 2.31. The van der Waals surface area contributed by atoms with Gasteiger partial charge in [-0.3, -0.25) is 4.79 Å². The van der Waals surface area contributed by atoms with Crippen molar-refractivity contribution in [3.63, 3.8) is 0 Å². The van der Waals surface area contributed by atoms with Gasteiger partial charge in [0.25, 0.3) is 0 Å². The second-order valence-corrected chi connectivity index (χ2v) is 6.95. The quantitative estimate of drug-likeness (QED) is 0.696. The lowest BCUT2D eigenvalue weighted by atomic mass is 10.0. The standard InChI is InChI=1S/C14H20N2O4S/c1-2-10(5-6-17)9-15-21(19,20)12-3-4-13-11(7-12)8-14(18)16-13/h3-4,7,10,15,17H,2,5-6,8-9H2,1H3,(H,16,18). The van der Waals surface area contributed by atoms with Crippen LogP contribution < -0.4 is 10.0 Å². The van der Waals surface area contributed by atoms with Crippen molar-refractivity contribution in [1.82, 2.24) is 4.72 Å². The van der Waals surface area contributed by atoms with E-state index in [-0.39, 0.29) is 29.7 Å². The van der Waals surface area contributed by atoms with Gasteiger partial charge in [0, 0.05) is 18.8 Å². The zero-order valence-corrected chi connectivity index (χ0v) is 12.7.